The van der Waals surface area contributed by atoms with Crippen molar-refractivity contribution in [3.05, 3.63) is 47.1 Å². The summed E-state index contributed by atoms with van der Waals surface area (Å²) >= 11 is 0. The summed E-state index contributed by atoms with van der Waals surface area (Å²) in [6.07, 6.45) is 10.8. The Bertz CT molecular complexity index is 696. The molecule has 25 heavy (non-hydrogen) atoms. The number of amides is 1. The van der Waals surface area contributed by atoms with Gasteiger partial charge in [-0.15, -0.1) is 0 Å². The first-order valence-electron chi connectivity index (χ1n) is 8.57. The standard InChI is InChI=1S/C20H27NO4/c1-6-13(2)12-14(3)10-8-7-9-11-15(4)16(22)20-17(25-20)19(5,24)21-18(20)23/h6,8,10-12,17,24H,7,9H2,1-5H3,(H,21,23)/b10-8+,13-6-,14-12+,15-11+/t17?,19?,20-/m0/s1. The summed E-state index contributed by atoms with van der Waals surface area (Å²) in [5.41, 5.74) is -0.132. The third-order valence-corrected chi connectivity index (χ3v) is 4.60. The highest BCUT2D eigenvalue weighted by molar-refractivity contribution is 6.21. The van der Waals surface area contributed by atoms with E-state index in [4.69, 9.17) is 4.74 Å². The van der Waals surface area contributed by atoms with Crippen LogP contribution in [0.2, 0.25) is 0 Å². The average molecular weight is 345 g/mol. The van der Waals surface area contributed by atoms with Crippen molar-refractivity contribution in [3.63, 3.8) is 0 Å². The lowest BCUT2D eigenvalue weighted by molar-refractivity contribution is -0.137. The predicted molar refractivity (Wildman–Crippen MR) is 96.7 cm³/mol. The van der Waals surface area contributed by atoms with E-state index in [-0.39, 0.29) is 5.78 Å². The number of allylic oxidation sites excluding steroid dienone is 7. The molecule has 2 heterocycles. The maximum atomic E-state index is 12.5. The lowest BCUT2D eigenvalue weighted by Crippen LogP contribution is -2.45. The Morgan fingerprint density at radius 2 is 1.96 bits per heavy atom. The van der Waals surface area contributed by atoms with Gasteiger partial charge in [0, 0.05) is 0 Å². The van der Waals surface area contributed by atoms with Gasteiger partial charge in [0.25, 0.3) is 5.91 Å². The van der Waals surface area contributed by atoms with Crippen LogP contribution in [-0.2, 0) is 14.3 Å². The summed E-state index contributed by atoms with van der Waals surface area (Å²) in [6, 6.07) is 0. The number of rotatable bonds is 7. The second-order valence-electron chi connectivity index (χ2n) is 6.95. The van der Waals surface area contributed by atoms with E-state index in [1.165, 1.54) is 18.1 Å². The van der Waals surface area contributed by atoms with Crippen LogP contribution in [0.4, 0.5) is 0 Å². The molecule has 2 saturated heterocycles. The smallest absolute Gasteiger partial charge is 0.265 e. The van der Waals surface area contributed by atoms with Crippen LogP contribution < -0.4 is 5.32 Å². The molecule has 1 amide bonds. The largest absolute Gasteiger partial charge is 0.368 e. The van der Waals surface area contributed by atoms with Gasteiger partial charge in [-0.1, -0.05) is 41.5 Å². The molecule has 0 aromatic carbocycles. The minimum absolute atomic E-state index is 0.364. The maximum absolute atomic E-state index is 12.5. The Morgan fingerprint density at radius 1 is 1.28 bits per heavy atom. The molecule has 5 heteroatoms. The number of unbranched alkanes of at least 4 members (excludes halogenated alkanes) is 1. The van der Waals surface area contributed by atoms with Crippen molar-refractivity contribution in [2.24, 2.45) is 0 Å². The van der Waals surface area contributed by atoms with Crippen LogP contribution >= 0.6 is 0 Å². The molecule has 0 aromatic heterocycles. The number of morpholine rings is 1. The Labute approximate surface area is 149 Å². The van der Waals surface area contributed by atoms with Gasteiger partial charge < -0.3 is 15.2 Å². The van der Waals surface area contributed by atoms with E-state index >= 15 is 0 Å². The van der Waals surface area contributed by atoms with Crippen molar-refractivity contribution in [2.75, 3.05) is 0 Å². The number of carbonyl (C=O) groups excluding carboxylic acids is 2. The topological polar surface area (TPSA) is 78.9 Å². The predicted octanol–water partition coefficient (Wildman–Crippen LogP) is 2.73. The molecule has 136 valence electrons. The van der Waals surface area contributed by atoms with Crippen LogP contribution in [0.15, 0.2) is 47.1 Å². The van der Waals surface area contributed by atoms with Gasteiger partial charge in [-0.2, -0.15) is 0 Å². The van der Waals surface area contributed by atoms with Crippen LogP contribution in [0, 0.1) is 0 Å². The first-order chi connectivity index (χ1) is 11.6. The van der Waals surface area contributed by atoms with Crippen molar-refractivity contribution in [1.29, 1.82) is 0 Å². The van der Waals surface area contributed by atoms with Crippen LogP contribution in [0.5, 0.6) is 0 Å². The van der Waals surface area contributed by atoms with Crippen molar-refractivity contribution >= 4 is 11.7 Å². The zero-order valence-corrected chi connectivity index (χ0v) is 15.6. The normalized spacial score (nSPS) is 32.8. The fourth-order valence-corrected chi connectivity index (χ4v) is 3.04. The number of epoxide rings is 1. The highest BCUT2D eigenvalue weighted by Gasteiger charge is 2.79. The first-order valence-corrected chi connectivity index (χ1v) is 8.57. The summed E-state index contributed by atoms with van der Waals surface area (Å²) in [6.45, 7) is 9.22. The summed E-state index contributed by atoms with van der Waals surface area (Å²) < 4.78 is 5.28. The van der Waals surface area contributed by atoms with Crippen molar-refractivity contribution < 1.29 is 19.4 Å². The van der Waals surface area contributed by atoms with Crippen molar-refractivity contribution in [2.45, 2.75) is 64.9 Å². The third kappa shape index (κ3) is 3.83. The minimum Gasteiger partial charge on any atom is -0.368 e. The van der Waals surface area contributed by atoms with E-state index in [1.807, 2.05) is 19.9 Å². The second kappa shape index (κ2) is 7.10. The molecule has 5 nitrogen and oxygen atoms in total. The lowest BCUT2D eigenvalue weighted by atomic mass is 9.93. The summed E-state index contributed by atoms with van der Waals surface area (Å²) in [5, 5.41) is 12.4. The van der Waals surface area contributed by atoms with Gasteiger partial charge in [0.2, 0.25) is 11.4 Å². The fourth-order valence-electron chi connectivity index (χ4n) is 3.04. The quantitative estimate of drug-likeness (QED) is 0.244. The molecule has 2 N–H and O–H groups in total. The molecule has 0 saturated carbocycles. The van der Waals surface area contributed by atoms with E-state index in [1.54, 1.807) is 6.92 Å². The molecule has 3 atom stereocenters. The second-order valence-corrected chi connectivity index (χ2v) is 6.95. The number of fused-ring (bicyclic) bond motifs is 1. The molecule has 0 aromatic rings. The van der Waals surface area contributed by atoms with Gasteiger partial charge in [-0.3, -0.25) is 9.59 Å². The number of nitrogens with one attached hydrogen (secondary N) is 1. The highest BCUT2D eigenvalue weighted by atomic mass is 16.6. The molecule has 2 aliphatic heterocycles. The van der Waals surface area contributed by atoms with E-state index in [2.05, 4.69) is 36.5 Å². The first kappa shape index (κ1) is 19.3. The fraction of sp³-hybridized carbons (Fsp3) is 0.500. The highest BCUT2D eigenvalue weighted by Crippen LogP contribution is 2.49. The Balaban J connectivity index is 1.90. The van der Waals surface area contributed by atoms with E-state index < -0.39 is 23.3 Å². The van der Waals surface area contributed by atoms with Crippen molar-refractivity contribution in [3.8, 4) is 0 Å². The van der Waals surface area contributed by atoms with Gasteiger partial charge in [-0.05, 0) is 53.0 Å². The molecule has 0 aliphatic carbocycles. The number of hydrogen-bond donors (Lipinski definition) is 2. The van der Waals surface area contributed by atoms with E-state index in [9.17, 15) is 14.7 Å². The number of ether oxygens (including phenoxy) is 1. The SMILES string of the molecule is C\C=C(C)/C=C(C)/C=C/CC/C=C(\C)C(=O)[C@]12OC1C(C)(O)NC2=O. The zero-order chi connectivity index (χ0) is 18.8. The minimum atomic E-state index is -1.52. The molecular weight excluding hydrogens is 318 g/mol. The molecule has 2 unspecified atom stereocenters. The number of aliphatic hydroxyl groups is 1. The average Bonchev–Trinajstić information content (AvgIpc) is 3.26. The number of Topliss-reactive ketones (excluding diaryl/α,β-unsaturated/α-hetero) is 1. The van der Waals surface area contributed by atoms with E-state index in [0.717, 1.165) is 6.42 Å². The van der Waals surface area contributed by atoms with Gasteiger partial charge in [0.15, 0.2) is 11.8 Å². The molecule has 0 radical (unpaired) electrons. The zero-order valence-electron chi connectivity index (χ0n) is 15.6. The summed E-state index contributed by atoms with van der Waals surface area (Å²) in [7, 11) is 0. The van der Waals surface area contributed by atoms with Crippen LogP contribution in [-0.4, -0.2) is 34.2 Å². The summed E-state index contributed by atoms with van der Waals surface area (Å²) in [4.78, 5) is 24.5. The molecule has 0 bridgehead atoms. The van der Waals surface area contributed by atoms with Crippen LogP contribution in [0.25, 0.3) is 0 Å². The molecule has 2 fully saturated rings. The number of ketones is 1. The lowest BCUT2D eigenvalue weighted by Gasteiger charge is -2.16. The van der Waals surface area contributed by atoms with Gasteiger partial charge in [0.1, 0.15) is 0 Å². The molecule has 0 spiro atoms. The Hall–Kier alpha value is -1.98. The number of carbonyl (C=O) groups is 2. The third-order valence-electron chi connectivity index (χ3n) is 4.60. The van der Waals surface area contributed by atoms with Crippen molar-refractivity contribution in [1.82, 2.24) is 5.32 Å². The van der Waals surface area contributed by atoms with Crippen LogP contribution in [0.1, 0.15) is 47.5 Å². The van der Waals surface area contributed by atoms with Gasteiger partial charge in [0.05, 0.1) is 0 Å². The molecule has 2 aliphatic rings. The Morgan fingerprint density at radius 3 is 2.48 bits per heavy atom. The van der Waals surface area contributed by atoms with Gasteiger partial charge in [-0.25, -0.2) is 0 Å². The summed E-state index contributed by atoms with van der Waals surface area (Å²) in [5.74, 6) is -0.920. The van der Waals surface area contributed by atoms with Gasteiger partial charge >= 0.3 is 0 Å². The number of hydrogen-bond acceptors (Lipinski definition) is 4. The van der Waals surface area contributed by atoms with E-state index in [0.29, 0.717) is 12.0 Å². The molecule has 2 rings (SSSR count). The molecular formula is C20H27NO4. The van der Waals surface area contributed by atoms with Crippen LogP contribution in [0.3, 0.4) is 0 Å². The maximum Gasteiger partial charge on any atom is 0.265 e. The monoisotopic (exact) mass is 345 g/mol. The Kier molecular flexibility index (Phi) is 5.49.